The maximum atomic E-state index is 10.4. The summed E-state index contributed by atoms with van der Waals surface area (Å²) in [6, 6.07) is 0. The van der Waals surface area contributed by atoms with Gasteiger partial charge in [0.1, 0.15) is 0 Å². The summed E-state index contributed by atoms with van der Waals surface area (Å²) < 4.78 is 0. The van der Waals surface area contributed by atoms with E-state index >= 15 is 0 Å². The second-order valence-corrected chi connectivity index (χ2v) is 3.09. The molecule has 0 atom stereocenters. The molecule has 0 fully saturated rings. The highest BCUT2D eigenvalue weighted by Gasteiger charge is 1.98. The van der Waals surface area contributed by atoms with Crippen molar-refractivity contribution in [2.75, 3.05) is 0 Å². The molecule has 0 N–H and O–H groups in total. The third-order valence-electron chi connectivity index (χ3n) is 1.85. The molecule has 0 amide bonds. The van der Waals surface area contributed by atoms with E-state index in [1.54, 1.807) is 0 Å². The SMILES string of the molecule is CCCCCC/C(=C/C(=O)[O-])C(=O)[O-]. The van der Waals surface area contributed by atoms with Crippen molar-refractivity contribution in [3.8, 4) is 0 Å². The zero-order chi connectivity index (χ0) is 11.0. The van der Waals surface area contributed by atoms with Gasteiger partial charge < -0.3 is 19.8 Å². The molecule has 4 heteroatoms. The maximum absolute atomic E-state index is 10.4. The average Bonchev–Trinajstić information content (AvgIpc) is 2.09. The molecule has 14 heavy (non-hydrogen) atoms. The predicted molar refractivity (Wildman–Crippen MR) is 46.9 cm³/mol. The van der Waals surface area contributed by atoms with Crippen LogP contribution in [0.3, 0.4) is 0 Å². The van der Waals surface area contributed by atoms with Crippen molar-refractivity contribution in [2.24, 2.45) is 0 Å². The minimum Gasteiger partial charge on any atom is -0.545 e. The Morgan fingerprint density at radius 3 is 2.21 bits per heavy atom. The first-order valence-electron chi connectivity index (χ1n) is 4.70. The topological polar surface area (TPSA) is 80.3 Å². The summed E-state index contributed by atoms with van der Waals surface area (Å²) in [5.41, 5.74) is -0.193. The number of rotatable bonds is 7. The summed E-state index contributed by atoms with van der Waals surface area (Å²) in [5, 5.41) is 20.6. The second-order valence-electron chi connectivity index (χ2n) is 3.09. The van der Waals surface area contributed by atoms with Crippen LogP contribution in [0.5, 0.6) is 0 Å². The Morgan fingerprint density at radius 2 is 1.79 bits per heavy atom. The van der Waals surface area contributed by atoms with Crippen LogP contribution in [-0.4, -0.2) is 11.9 Å². The van der Waals surface area contributed by atoms with Gasteiger partial charge in [-0.2, -0.15) is 0 Å². The third-order valence-corrected chi connectivity index (χ3v) is 1.85. The number of carbonyl (C=O) groups excluding carboxylic acids is 2. The quantitative estimate of drug-likeness (QED) is 0.403. The molecule has 0 unspecified atom stereocenters. The van der Waals surface area contributed by atoms with Gasteiger partial charge in [-0.1, -0.05) is 26.2 Å². The highest BCUT2D eigenvalue weighted by molar-refractivity contribution is 5.92. The van der Waals surface area contributed by atoms with Crippen LogP contribution in [0.25, 0.3) is 0 Å². The van der Waals surface area contributed by atoms with E-state index < -0.39 is 11.9 Å². The monoisotopic (exact) mass is 198 g/mol. The molecular weight excluding hydrogens is 184 g/mol. The van der Waals surface area contributed by atoms with E-state index in [0.717, 1.165) is 19.3 Å². The molecule has 0 bridgehead atoms. The fourth-order valence-electron chi connectivity index (χ4n) is 1.12. The summed E-state index contributed by atoms with van der Waals surface area (Å²) in [7, 11) is 0. The number of hydrogen-bond acceptors (Lipinski definition) is 4. The van der Waals surface area contributed by atoms with E-state index in [-0.39, 0.29) is 12.0 Å². The summed E-state index contributed by atoms with van der Waals surface area (Å²) in [6.07, 6.45) is 4.46. The fraction of sp³-hybridized carbons (Fsp3) is 0.600. The molecule has 0 heterocycles. The molecule has 0 aliphatic carbocycles. The van der Waals surface area contributed by atoms with Gasteiger partial charge in [0.05, 0.1) is 11.9 Å². The van der Waals surface area contributed by atoms with Crippen LogP contribution in [0.15, 0.2) is 11.6 Å². The Labute approximate surface area is 83.2 Å². The highest BCUT2D eigenvalue weighted by Crippen LogP contribution is 2.09. The number of carboxylic acids is 2. The first kappa shape index (κ1) is 12.7. The number of carboxylic acid groups (broad SMARTS) is 2. The van der Waals surface area contributed by atoms with Crippen LogP contribution in [0, 0.1) is 0 Å². The zero-order valence-corrected chi connectivity index (χ0v) is 8.25. The third kappa shape index (κ3) is 6.22. The van der Waals surface area contributed by atoms with Crippen molar-refractivity contribution in [1.29, 1.82) is 0 Å². The lowest BCUT2D eigenvalue weighted by molar-refractivity contribution is -0.303. The minimum atomic E-state index is -1.49. The second kappa shape index (κ2) is 7.12. The van der Waals surface area contributed by atoms with Gasteiger partial charge in [-0.15, -0.1) is 0 Å². The van der Waals surface area contributed by atoms with E-state index in [1.165, 1.54) is 0 Å². The molecule has 0 saturated carbocycles. The van der Waals surface area contributed by atoms with Crippen molar-refractivity contribution in [3.63, 3.8) is 0 Å². The van der Waals surface area contributed by atoms with E-state index in [9.17, 15) is 19.8 Å². The molecule has 0 saturated heterocycles. The molecule has 0 aromatic rings. The van der Waals surface area contributed by atoms with Gasteiger partial charge in [0.2, 0.25) is 0 Å². The van der Waals surface area contributed by atoms with Gasteiger partial charge in [0.15, 0.2) is 0 Å². The number of aliphatic carboxylic acids is 2. The number of unbranched alkanes of at least 4 members (excludes halogenated alkanes) is 3. The summed E-state index contributed by atoms with van der Waals surface area (Å²) >= 11 is 0. The Hall–Kier alpha value is -1.32. The first-order valence-corrected chi connectivity index (χ1v) is 4.70. The van der Waals surface area contributed by atoms with Gasteiger partial charge in [0.25, 0.3) is 0 Å². The zero-order valence-electron chi connectivity index (χ0n) is 8.25. The van der Waals surface area contributed by atoms with Crippen LogP contribution in [0.1, 0.15) is 39.0 Å². The Morgan fingerprint density at radius 1 is 1.14 bits per heavy atom. The first-order chi connectivity index (χ1) is 6.57. The largest absolute Gasteiger partial charge is 0.545 e. The molecule has 0 spiro atoms. The minimum absolute atomic E-state index is 0.193. The van der Waals surface area contributed by atoms with E-state index in [1.807, 2.05) is 6.92 Å². The molecule has 0 aromatic carbocycles. The number of hydrogen-bond donors (Lipinski definition) is 0. The molecule has 0 rings (SSSR count). The van der Waals surface area contributed by atoms with Gasteiger partial charge in [-0.25, -0.2) is 0 Å². The molecule has 80 valence electrons. The smallest absolute Gasteiger partial charge is 0.0675 e. The summed E-state index contributed by atoms with van der Waals surface area (Å²) in [5.74, 6) is -2.91. The Balaban J connectivity index is 3.99. The van der Waals surface area contributed by atoms with E-state index in [4.69, 9.17) is 0 Å². The van der Waals surface area contributed by atoms with Crippen LogP contribution in [0.2, 0.25) is 0 Å². The lowest BCUT2D eigenvalue weighted by Gasteiger charge is -2.08. The molecule has 0 radical (unpaired) electrons. The van der Waals surface area contributed by atoms with Crippen LogP contribution < -0.4 is 10.2 Å². The summed E-state index contributed by atoms with van der Waals surface area (Å²) in [6.45, 7) is 2.04. The molecule has 0 aliphatic heterocycles. The van der Waals surface area contributed by atoms with Gasteiger partial charge in [-0.3, -0.25) is 0 Å². The van der Waals surface area contributed by atoms with Crippen molar-refractivity contribution in [3.05, 3.63) is 11.6 Å². The van der Waals surface area contributed by atoms with Crippen molar-refractivity contribution >= 4 is 11.9 Å². The van der Waals surface area contributed by atoms with Gasteiger partial charge >= 0.3 is 0 Å². The van der Waals surface area contributed by atoms with E-state index in [2.05, 4.69) is 0 Å². The van der Waals surface area contributed by atoms with Crippen molar-refractivity contribution < 1.29 is 19.8 Å². The molecule has 0 aromatic heterocycles. The molecule has 4 nitrogen and oxygen atoms in total. The van der Waals surface area contributed by atoms with Gasteiger partial charge in [-0.05, 0) is 24.5 Å². The Bertz CT molecular complexity index is 230. The van der Waals surface area contributed by atoms with Crippen LogP contribution in [0.4, 0.5) is 0 Å². The number of carbonyl (C=O) groups is 2. The van der Waals surface area contributed by atoms with Gasteiger partial charge in [0, 0.05) is 0 Å². The predicted octanol–water partition coefficient (Wildman–Crippen LogP) is -0.617. The van der Waals surface area contributed by atoms with Crippen LogP contribution >= 0.6 is 0 Å². The average molecular weight is 198 g/mol. The van der Waals surface area contributed by atoms with Crippen LogP contribution in [-0.2, 0) is 9.59 Å². The Kier molecular flexibility index (Phi) is 6.45. The standard InChI is InChI=1S/C10H16O4/c1-2-3-4-5-6-8(10(13)14)7-9(11)12/h7H,2-6H2,1H3,(H,11,12)(H,13,14)/p-2/b8-7-. The normalized spacial score (nSPS) is 11.4. The summed E-state index contributed by atoms with van der Waals surface area (Å²) in [4.78, 5) is 20.6. The fourth-order valence-corrected chi connectivity index (χ4v) is 1.12. The molecular formula is C10H14O4-2. The van der Waals surface area contributed by atoms with E-state index in [0.29, 0.717) is 12.5 Å². The lowest BCUT2D eigenvalue weighted by Crippen LogP contribution is -2.27. The van der Waals surface area contributed by atoms with Crippen molar-refractivity contribution in [2.45, 2.75) is 39.0 Å². The molecule has 0 aliphatic rings. The lowest BCUT2D eigenvalue weighted by atomic mass is 10.1. The highest BCUT2D eigenvalue weighted by atomic mass is 16.4. The van der Waals surface area contributed by atoms with Crippen molar-refractivity contribution in [1.82, 2.24) is 0 Å². The maximum Gasteiger partial charge on any atom is 0.0675 e.